The van der Waals surface area contributed by atoms with E-state index in [0.717, 1.165) is 38.8 Å². The lowest BCUT2D eigenvalue weighted by Gasteiger charge is -2.39. The maximum atomic E-state index is 10.3. The van der Waals surface area contributed by atoms with Gasteiger partial charge in [0.15, 0.2) is 0 Å². The van der Waals surface area contributed by atoms with E-state index in [1.165, 1.54) is 58.8 Å². The van der Waals surface area contributed by atoms with Gasteiger partial charge < -0.3 is 15.0 Å². The Hall–Kier alpha value is -2.18. The average molecular weight is 451 g/mol. The molecule has 0 bridgehead atoms. The molecule has 0 spiro atoms. The lowest BCUT2D eigenvalue weighted by atomic mass is 9.92. The molecular weight excluding hydrogens is 414 g/mol. The molecule has 3 aliphatic heterocycles. The number of fused-ring (bicyclic) bond motifs is 4. The highest BCUT2D eigenvalue weighted by atomic mass is 28.3. The summed E-state index contributed by atoms with van der Waals surface area (Å²) in [7, 11) is -1.80. The summed E-state index contributed by atoms with van der Waals surface area (Å²) in [5, 5.41) is 5.55. The van der Waals surface area contributed by atoms with Gasteiger partial charge in [-0.25, -0.2) is 4.99 Å². The number of hydrogen-bond donors (Lipinski definition) is 1. The van der Waals surface area contributed by atoms with Crippen LogP contribution in [0.15, 0.2) is 40.0 Å². The number of rotatable bonds is 7. The van der Waals surface area contributed by atoms with Crippen molar-refractivity contribution in [1.82, 2.24) is 0 Å². The maximum absolute atomic E-state index is 10.3. The Kier molecular flexibility index (Phi) is 6.08. The molecule has 0 amide bonds. The SMILES string of the molecule is C[Si]1(C)C2=CC3[NH2+]CCCC3=CC2=Nc2cc3c(cc21)N(CCCCCOC=O)CCC3. The summed E-state index contributed by atoms with van der Waals surface area (Å²) in [6.45, 7) is 9.57. The molecule has 1 aliphatic carbocycles. The van der Waals surface area contributed by atoms with Crippen molar-refractivity contribution in [1.29, 1.82) is 0 Å². The van der Waals surface area contributed by atoms with Crippen molar-refractivity contribution in [2.45, 2.75) is 64.1 Å². The van der Waals surface area contributed by atoms with Crippen LogP contribution in [0.3, 0.4) is 0 Å². The summed E-state index contributed by atoms with van der Waals surface area (Å²) >= 11 is 0. The molecule has 1 saturated heterocycles. The minimum absolute atomic E-state index is 0.531. The quantitative estimate of drug-likeness (QED) is 0.395. The minimum Gasteiger partial charge on any atom is -0.468 e. The summed E-state index contributed by atoms with van der Waals surface area (Å²) in [6, 6.07) is 5.45. The number of nitrogens with two attached hydrogens (primary N) is 1. The van der Waals surface area contributed by atoms with E-state index in [9.17, 15) is 4.79 Å². The fraction of sp³-hybridized carbons (Fsp3) is 0.538. The fourth-order valence-electron chi connectivity index (χ4n) is 5.91. The molecule has 1 fully saturated rings. The van der Waals surface area contributed by atoms with E-state index in [4.69, 9.17) is 9.73 Å². The molecule has 5 nitrogen and oxygen atoms in total. The molecule has 0 saturated carbocycles. The summed E-state index contributed by atoms with van der Waals surface area (Å²) in [6.07, 6.45) is 13.0. The van der Waals surface area contributed by atoms with Crippen molar-refractivity contribution in [2.24, 2.45) is 4.99 Å². The number of piperidine rings is 1. The average Bonchev–Trinajstić information content (AvgIpc) is 2.79. The minimum atomic E-state index is -1.80. The van der Waals surface area contributed by atoms with Gasteiger partial charge in [-0.05, 0) is 84.3 Å². The normalized spacial score (nSPS) is 23.0. The van der Waals surface area contributed by atoms with Gasteiger partial charge in [-0.1, -0.05) is 13.1 Å². The number of aryl methyl sites for hydroxylation is 1. The number of aliphatic imine (C=N–C) groups is 1. The predicted octanol–water partition coefficient (Wildman–Crippen LogP) is 2.92. The third kappa shape index (κ3) is 3.99. The van der Waals surface area contributed by atoms with Crippen LogP contribution in [0.25, 0.3) is 0 Å². The van der Waals surface area contributed by atoms with E-state index in [-0.39, 0.29) is 0 Å². The predicted molar refractivity (Wildman–Crippen MR) is 133 cm³/mol. The number of carbonyl (C=O) groups excluding carboxylic acids is 1. The Labute approximate surface area is 192 Å². The summed E-state index contributed by atoms with van der Waals surface area (Å²) in [5.74, 6) is 0. The van der Waals surface area contributed by atoms with Crippen LogP contribution in [-0.4, -0.2) is 52.5 Å². The molecule has 1 unspecified atom stereocenters. The third-order valence-electron chi connectivity index (χ3n) is 7.72. The van der Waals surface area contributed by atoms with Crippen LogP contribution in [0.5, 0.6) is 0 Å². The zero-order chi connectivity index (χ0) is 22.1. The second kappa shape index (κ2) is 8.98. The van der Waals surface area contributed by atoms with Gasteiger partial charge in [0.25, 0.3) is 6.47 Å². The number of benzene rings is 1. The summed E-state index contributed by atoms with van der Waals surface area (Å²) in [4.78, 5) is 18.1. The van der Waals surface area contributed by atoms with Gasteiger partial charge in [0.05, 0.1) is 24.6 Å². The lowest BCUT2D eigenvalue weighted by molar-refractivity contribution is -0.677. The van der Waals surface area contributed by atoms with Crippen LogP contribution in [0.4, 0.5) is 11.4 Å². The number of quaternary nitrogens is 1. The van der Waals surface area contributed by atoms with Gasteiger partial charge >= 0.3 is 0 Å². The Morgan fingerprint density at radius 2 is 2.12 bits per heavy atom. The van der Waals surface area contributed by atoms with Gasteiger partial charge in [-0.2, -0.15) is 0 Å². The van der Waals surface area contributed by atoms with Crippen LogP contribution >= 0.6 is 0 Å². The largest absolute Gasteiger partial charge is 0.468 e. The zero-order valence-corrected chi connectivity index (χ0v) is 20.5. The molecule has 6 heteroatoms. The molecule has 0 radical (unpaired) electrons. The first-order valence-corrected chi connectivity index (χ1v) is 15.4. The number of unbranched alkanes of at least 4 members (excludes halogenated alkanes) is 2. The number of hydrogen-bond acceptors (Lipinski definition) is 4. The van der Waals surface area contributed by atoms with E-state index in [1.807, 2.05) is 0 Å². The lowest BCUT2D eigenvalue weighted by Crippen LogP contribution is -2.91. The number of nitrogens with zero attached hydrogens (tertiary/aromatic N) is 2. The van der Waals surface area contributed by atoms with E-state index >= 15 is 0 Å². The maximum Gasteiger partial charge on any atom is 0.293 e. The summed E-state index contributed by atoms with van der Waals surface area (Å²) < 4.78 is 4.83. The van der Waals surface area contributed by atoms with Gasteiger partial charge in [-0.3, -0.25) is 4.79 Å². The standard InChI is InChI=1S/C26H35N3O2Si/c1-32(2)25-16-21-19(8-6-10-27-21)14-22(25)28-23-15-20-9-7-12-29(24(20)17-26(23)32)11-4-3-5-13-31-18-30/h14-18,21,27H,3-13H2,1-2H3/p+1. The van der Waals surface area contributed by atoms with E-state index < -0.39 is 8.07 Å². The van der Waals surface area contributed by atoms with Crippen molar-refractivity contribution in [3.05, 3.63) is 40.6 Å². The first-order valence-electron chi connectivity index (χ1n) is 12.4. The second-order valence-corrected chi connectivity index (χ2v) is 14.5. The second-order valence-electron chi connectivity index (χ2n) is 10.2. The third-order valence-corrected chi connectivity index (χ3v) is 11.2. The fourth-order valence-corrected chi connectivity index (χ4v) is 8.83. The topological polar surface area (TPSA) is 58.5 Å². The Balaban J connectivity index is 1.42. The van der Waals surface area contributed by atoms with Crippen molar-refractivity contribution < 1.29 is 14.8 Å². The smallest absolute Gasteiger partial charge is 0.293 e. The molecule has 0 aromatic heterocycles. The van der Waals surface area contributed by atoms with Crippen LogP contribution in [0.2, 0.25) is 13.1 Å². The van der Waals surface area contributed by atoms with Crippen molar-refractivity contribution >= 4 is 36.8 Å². The van der Waals surface area contributed by atoms with Gasteiger partial charge in [-0.15, -0.1) is 0 Å². The molecule has 5 rings (SSSR count). The van der Waals surface area contributed by atoms with Crippen molar-refractivity contribution in [2.75, 3.05) is 31.1 Å². The van der Waals surface area contributed by atoms with Crippen LogP contribution in [-0.2, 0) is 16.0 Å². The molecule has 1 aromatic rings. The highest BCUT2D eigenvalue weighted by Crippen LogP contribution is 2.37. The molecule has 4 aliphatic rings. The van der Waals surface area contributed by atoms with Crippen LogP contribution in [0, 0.1) is 0 Å². The molecule has 3 heterocycles. The number of ether oxygens (including phenoxy) is 1. The summed E-state index contributed by atoms with van der Waals surface area (Å²) in [5.41, 5.74) is 6.95. The molecule has 170 valence electrons. The van der Waals surface area contributed by atoms with Crippen LogP contribution in [0.1, 0.15) is 44.1 Å². The first-order chi connectivity index (χ1) is 15.6. The van der Waals surface area contributed by atoms with Gasteiger partial charge in [0, 0.05) is 25.2 Å². The van der Waals surface area contributed by atoms with E-state index in [2.05, 4.69) is 47.6 Å². The van der Waals surface area contributed by atoms with Crippen molar-refractivity contribution in [3.8, 4) is 0 Å². The monoisotopic (exact) mass is 450 g/mol. The first kappa shape index (κ1) is 21.7. The number of anilines is 1. The Morgan fingerprint density at radius 3 is 3.00 bits per heavy atom. The Bertz CT molecular complexity index is 995. The van der Waals surface area contributed by atoms with E-state index in [1.54, 1.807) is 5.57 Å². The zero-order valence-electron chi connectivity index (χ0n) is 19.5. The molecular formula is C26H36N3O2Si+. The highest BCUT2D eigenvalue weighted by Gasteiger charge is 2.41. The highest BCUT2D eigenvalue weighted by molar-refractivity contribution is 7.00. The van der Waals surface area contributed by atoms with Gasteiger partial charge in [0.1, 0.15) is 14.1 Å². The van der Waals surface area contributed by atoms with Gasteiger partial charge in [0.2, 0.25) is 0 Å². The van der Waals surface area contributed by atoms with E-state index in [0.29, 0.717) is 19.1 Å². The van der Waals surface area contributed by atoms with Crippen molar-refractivity contribution in [3.63, 3.8) is 0 Å². The molecule has 1 atom stereocenters. The number of allylic oxidation sites excluding steroid dienone is 2. The molecule has 1 aromatic carbocycles. The van der Waals surface area contributed by atoms with Crippen LogP contribution < -0.4 is 15.4 Å². The number of carbonyl (C=O) groups is 1. The molecule has 2 N–H and O–H groups in total. The Morgan fingerprint density at radius 1 is 1.22 bits per heavy atom. The molecule has 32 heavy (non-hydrogen) atoms.